The number of para-hydroxylation sites is 2. The second kappa shape index (κ2) is 7.85. The molecule has 0 saturated heterocycles. The third kappa shape index (κ3) is 4.48. The third-order valence-corrected chi connectivity index (χ3v) is 3.08. The van der Waals surface area contributed by atoms with Crippen molar-refractivity contribution >= 4 is 11.6 Å². The lowest BCUT2D eigenvalue weighted by molar-refractivity contribution is -0.122. The van der Waals surface area contributed by atoms with Gasteiger partial charge in [0, 0.05) is 5.69 Å². The van der Waals surface area contributed by atoms with Crippen LogP contribution >= 0.6 is 0 Å². The molecule has 5 heteroatoms. The summed E-state index contributed by atoms with van der Waals surface area (Å²) in [6.07, 6.45) is -0.706. The number of nitriles is 1. The smallest absolute Gasteiger partial charge is 0.265 e. The van der Waals surface area contributed by atoms with E-state index in [0.29, 0.717) is 29.4 Å². The van der Waals surface area contributed by atoms with Crippen LogP contribution in [0.5, 0.6) is 11.5 Å². The van der Waals surface area contributed by atoms with Crippen molar-refractivity contribution in [3.05, 3.63) is 54.1 Å². The van der Waals surface area contributed by atoms with Gasteiger partial charge in [0.1, 0.15) is 0 Å². The van der Waals surface area contributed by atoms with Gasteiger partial charge in [-0.25, -0.2) is 0 Å². The van der Waals surface area contributed by atoms with E-state index < -0.39 is 6.10 Å². The van der Waals surface area contributed by atoms with Crippen LogP contribution < -0.4 is 14.8 Å². The zero-order valence-corrected chi connectivity index (χ0v) is 13.1. The lowest BCUT2D eigenvalue weighted by atomic mass is 10.2. The van der Waals surface area contributed by atoms with Crippen LogP contribution in [-0.4, -0.2) is 18.6 Å². The van der Waals surface area contributed by atoms with Crippen molar-refractivity contribution in [1.29, 1.82) is 5.26 Å². The van der Waals surface area contributed by atoms with Crippen molar-refractivity contribution < 1.29 is 14.3 Å². The number of benzene rings is 2. The van der Waals surface area contributed by atoms with Crippen LogP contribution in [0.2, 0.25) is 0 Å². The van der Waals surface area contributed by atoms with Gasteiger partial charge in [0.15, 0.2) is 17.6 Å². The first kappa shape index (κ1) is 16.4. The molecule has 2 aromatic rings. The maximum Gasteiger partial charge on any atom is 0.265 e. The summed E-state index contributed by atoms with van der Waals surface area (Å²) in [5, 5.41) is 11.6. The molecule has 2 rings (SSSR count). The van der Waals surface area contributed by atoms with Gasteiger partial charge in [0.25, 0.3) is 5.91 Å². The number of hydrogen-bond acceptors (Lipinski definition) is 4. The van der Waals surface area contributed by atoms with Crippen LogP contribution in [0.3, 0.4) is 0 Å². The van der Waals surface area contributed by atoms with E-state index >= 15 is 0 Å². The Morgan fingerprint density at radius 2 is 1.96 bits per heavy atom. The van der Waals surface area contributed by atoms with Gasteiger partial charge in [-0.05, 0) is 44.2 Å². The monoisotopic (exact) mass is 310 g/mol. The third-order valence-electron chi connectivity index (χ3n) is 3.08. The van der Waals surface area contributed by atoms with Gasteiger partial charge in [0.2, 0.25) is 0 Å². The van der Waals surface area contributed by atoms with E-state index in [-0.39, 0.29) is 5.91 Å². The molecule has 5 nitrogen and oxygen atoms in total. The second-order valence-corrected chi connectivity index (χ2v) is 4.82. The Morgan fingerprint density at radius 3 is 2.65 bits per heavy atom. The Labute approximate surface area is 135 Å². The molecule has 1 unspecified atom stereocenters. The zero-order chi connectivity index (χ0) is 16.7. The van der Waals surface area contributed by atoms with Gasteiger partial charge in [-0.15, -0.1) is 0 Å². The fourth-order valence-corrected chi connectivity index (χ4v) is 1.98. The van der Waals surface area contributed by atoms with E-state index in [0.717, 1.165) is 0 Å². The number of rotatable bonds is 6. The molecule has 1 atom stereocenters. The van der Waals surface area contributed by atoms with Crippen LogP contribution in [0.25, 0.3) is 0 Å². The van der Waals surface area contributed by atoms with Crippen LogP contribution in [0.1, 0.15) is 19.4 Å². The Balaban J connectivity index is 2.04. The summed E-state index contributed by atoms with van der Waals surface area (Å²) in [5.41, 5.74) is 1.04. The molecule has 0 aliphatic heterocycles. The molecule has 0 bridgehead atoms. The Morgan fingerprint density at radius 1 is 1.22 bits per heavy atom. The molecule has 0 radical (unpaired) electrons. The average Bonchev–Trinajstić information content (AvgIpc) is 2.57. The summed E-state index contributed by atoms with van der Waals surface area (Å²) < 4.78 is 11.2. The number of hydrogen-bond donors (Lipinski definition) is 1. The van der Waals surface area contributed by atoms with Crippen molar-refractivity contribution in [1.82, 2.24) is 0 Å². The highest BCUT2D eigenvalue weighted by Gasteiger charge is 2.17. The largest absolute Gasteiger partial charge is 0.490 e. The standard InChI is InChI=1S/C18H18N2O3/c1-3-22-16-9-4-5-10-17(16)23-13(2)18(21)20-15-8-6-7-14(11-15)12-19/h4-11,13H,3H2,1-2H3,(H,20,21). The maximum atomic E-state index is 12.2. The summed E-state index contributed by atoms with van der Waals surface area (Å²) in [6, 6.07) is 16.0. The summed E-state index contributed by atoms with van der Waals surface area (Å²) in [4.78, 5) is 12.2. The lowest BCUT2D eigenvalue weighted by Crippen LogP contribution is -2.30. The van der Waals surface area contributed by atoms with Crippen molar-refractivity contribution in [2.45, 2.75) is 20.0 Å². The molecule has 1 N–H and O–H groups in total. The Hall–Kier alpha value is -3.00. The topological polar surface area (TPSA) is 71.3 Å². The van der Waals surface area contributed by atoms with Crippen LogP contribution in [0.4, 0.5) is 5.69 Å². The number of nitrogens with one attached hydrogen (secondary N) is 1. The summed E-state index contributed by atoms with van der Waals surface area (Å²) in [7, 11) is 0. The normalized spacial score (nSPS) is 11.2. The molecular weight excluding hydrogens is 292 g/mol. The number of amides is 1. The van der Waals surface area contributed by atoms with Gasteiger partial charge >= 0.3 is 0 Å². The molecule has 1 amide bonds. The van der Waals surface area contributed by atoms with Gasteiger partial charge < -0.3 is 14.8 Å². The van der Waals surface area contributed by atoms with Gasteiger partial charge in [0.05, 0.1) is 18.2 Å². The van der Waals surface area contributed by atoms with Crippen molar-refractivity contribution in [2.24, 2.45) is 0 Å². The number of ether oxygens (including phenoxy) is 2. The SMILES string of the molecule is CCOc1ccccc1OC(C)C(=O)Nc1cccc(C#N)c1. The fourth-order valence-electron chi connectivity index (χ4n) is 1.98. The van der Waals surface area contributed by atoms with Gasteiger partial charge in [-0.1, -0.05) is 18.2 Å². The van der Waals surface area contributed by atoms with Gasteiger partial charge in [-0.2, -0.15) is 5.26 Å². The number of carbonyl (C=O) groups is 1. The average molecular weight is 310 g/mol. The number of carbonyl (C=O) groups excluding carboxylic acids is 1. The first-order valence-electron chi connectivity index (χ1n) is 7.33. The molecule has 0 spiro atoms. The minimum atomic E-state index is -0.706. The molecule has 0 aliphatic rings. The van der Waals surface area contributed by atoms with Crippen molar-refractivity contribution in [3.8, 4) is 17.6 Å². The molecule has 23 heavy (non-hydrogen) atoms. The van der Waals surface area contributed by atoms with E-state index in [1.165, 1.54) is 0 Å². The Kier molecular flexibility index (Phi) is 5.59. The molecule has 0 saturated carbocycles. The second-order valence-electron chi connectivity index (χ2n) is 4.82. The molecule has 0 fully saturated rings. The molecule has 118 valence electrons. The van der Waals surface area contributed by atoms with E-state index in [4.69, 9.17) is 14.7 Å². The van der Waals surface area contributed by atoms with E-state index in [9.17, 15) is 4.79 Å². The van der Waals surface area contributed by atoms with Gasteiger partial charge in [-0.3, -0.25) is 4.79 Å². The summed E-state index contributed by atoms with van der Waals surface area (Å²) in [5.74, 6) is 0.815. The van der Waals surface area contributed by atoms with E-state index in [1.54, 1.807) is 43.3 Å². The number of anilines is 1. The summed E-state index contributed by atoms with van der Waals surface area (Å²) in [6.45, 7) is 4.06. The van der Waals surface area contributed by atoms with Crippen LogP contribution in [0, 0.1) is 11.3 Å². The minimum absolute atomic E-state index is 0.300. The predicted octanol–water partition coefficient (Wildman–Crippen LogP) is 3.36. The quantitative estimate of drug-likeness (QED) is 0.888. The van der Waals surface area contributed by atoms with E-state index in [2.05, 4.69) is 5.32 Å². The summed E-state index contributed by atoms with van der Waals surface area (Å²) >= 11 is 0. The highest BCUT2D eigenvalue weighted by atomic mass is 16.5. The van der Waals surface area contributed by atoms with Crippen molar-refractivity contribution in [3.63, 3.8) is 0 Å². The fraction of sp³-hybridized carbons (Fsp3) is 0.222. The first-order valence-corrected chi connectivity index (χ1v) is 7.33. The van der Waals surface area contributed by atoms with Crippen molar-refractivity contribution in [2.75, 3.05) is 11.9 Å². The highest BCUT2D eigenvalue weighted by Crippen LogP contribution is 2.27. The molecule has 2 aromatic carbocycles. The number of nitrogens with zero attached hydrogens (tertiary/aromatic N) is 1. The first-order chi connectivity index (χ1) is 11.1. The van der Waals surface area contributed by atoms with Crippen LogP contribution in [-0.2, 0) is 4.79 Å². The lowest BCUT2D eigenvalue weighted by Gasteiger charge is -2.17. The van der Waals surface area contributed by atoms with Crippen LogP contribution in [0.15, 0.2) is 48.5 Å². The molecule has 0 heterocycles. The Bertz CT molecular complexity index is 722. The zero-order valence-electron chi connectivity index (χ0n) is 13.1. The maximum absolute atomic E-state index is 12.2. The predicted molar refractivity (Wildman–Crippen MR) is 87.5 cm³/mol. The minimum Gasteiger partial charge on any atom is -0.490 e. The highest BCUT2D eigenvalue weighted by molar-refractivity contribution is 5.94. The molecule has 0 aromatic heterocycles. The van der Waals surface area contributed by atoms with E-state index in [1.807, 2.05) is 25.1 Å². The molecule has 0 aliphatic carbocycles. The molecular formula is C18H18N2O3.